The topological polar surface area (TPSA) is 23.6 Å². The molecule has 2 aliphatic rings. The Balaban J connectivity index is 1.93. The molecule has 1 aromatic rings. The minimum Gasteiger partial charge on any atom is -0.374 e. The van der Waals surface area contributed by atoms with Crippen molar-refractivity contribution < 1.29 is 4.79 Å². The second-order valence-corrected chi connectivity index (χ2v) is 7.14. The molecular weight excluding hydrogens is 260 g/mol. The monoisotopic (exact) mass is 286 g/mol. The molecule has 0 radical (unpaired) electrons. The lowest BCUT2D eigenvalue weighted by molar-refractivity contribution is 0.0724. The summed E-state index contributed by atoms with van der Waals surface area (Å²) in [5.74, 6) is 0.210. The van der Waals surface area contributed by atoms with E-state index in [2.05, 4.69) is 37.9 Å². The van der Waals surface area contributed by atoms with Crippen molar-refractivity contribution in [2.24, 2.45) is 0 Å². The number of carbonyl (C=O) groups excluding carboxylic acids is 1. The summed E-state index contributed by atoms with van der Waals surface area (Å²) < 4.78 is 0. The first-order valence-corrected chi connectivity index (χ1v) is 8.14. The van der Waals surface area contributed by atoms with Gasteiger partial charge in [-0.15, -0.1) is 0 Å². The van der Waals surface area contributed by atoms with E-state index in [9.17, 15) is 4.79 Å². The molecular formula is C18H26N2O. The van der Waals surface area contributed by atoms with E-state index in [1.54, 1.807) is 0 Å². The van der Waals surface area contributed by atoms with Gasteiger partial charge in [-0.1, -0.05) is 13.8 Å². The van der Waals surface area contributed by atoms with Crippen LogP contribution >= 0.6 is 0 Å². The SMILES string of the molecule is CN1CCC(C)(C)c2cc(C(=O)N3CCCCC3)ccc21. The van der Waals surface area contributed by atoms with E-state index in [4.69, 9.17) is 0 Å². The molecule has 21 heavy (non-hydrogen) atoms. The van der Waals surface area contributed by atoms with Crippen LogP contribution in [0.25, 0.3) is 0 Å². The number of benzene rings is 1. The van der Waals surface area contributed by atoms with Gasteiger partial charge in [-0.05, 0) is 54.9 Å². The predicted molar refractivity (Wildman–Crippen MR) is 87.1 cm³/mol. The van der Waals surface area contributed by atoms with Crippen molar-refractivity contribution in [3.63, 3.8) is 0 Å². The standard InChI is InChI=1S/C18H26N2O/c1-18(2)9-12-19(3)16-8-7-14(13-15(16)18)17(21)20-10-5-4-6-11-20/h7-8,13H,4-6,9-12H2,1-3H3. The number of likely N-dealkylation sites (tertiary alicyclic amines) is 1. The van der Waals surface area contributed by atoms with Gasteiger partial charge in [0.25, 0.3) is 5.91 Å². The lowest BCUT2D eigenvalue weighted by Crippen LogP contribution is -2.37. The van der Waals surface area contributed by atoms with Gasteiger partial charge >= 0.3 is 0 Å². The highest BCUT2D eigenvalue weighted by Crippen LogP contribution is 2.39. The van der Waals surface area contributed by atoms with E-state index in [1.165, 1.54) is 17.7 Å². The van der Waals surface area contributed by atoms with Crippen molar-refractivity contribution in [2.75, 3.05) is 31.6 Å². The first kappa shape index (κ1) is 14.4. The van der Waals surface area contributed by atoms with Crippen LogP contribution < -0.4 is 4.90 Å². The molecule has 3 rings (SSSR count). The minimum absolute atomic E-state index is 0.153. The maximum Gasteiger partial charge on any atom is 0.253 e. The number of nitrogens with zero attached hydrogens (tertiary/aromatic N) is 2. The molecule has 0 atom stereocenters. The third-order valence-electron chi connectivity index (χ3n) is 5.10. The summed E-state index contributed by atoms with van der Waals surface area (Å²) in [6.07, 6.45) is 4.68. The number of fused-ring (bicyclic) bond motifs is 1. The largest absolute Gasteiger partial charge is 0.374 e. The zero-order chi connectivity index (χ0) is 15.0. The van der Waals surface area contributed by atoms with Crippen molar-refractivity contribution in [2.45, 2.75) is 44.9 Å². The predicted octanol–water partition coefficient (Wildman–Crippen LogP) is 3.43. The lowest BCUT2D eigenvalue weighted by Gasteiger charge is -2.39. The van der Waals surface area contributed by atoms with Crippen LogP contribution in [-0.4, -0.2) is 37.5 Å². The Morgan fingerprint density at radius 1 is 1.10 bits per heavy atom. The van der Waals surface area contributed by atoms with Crippen molar-refractivity contribution >= 4 is 11.6 Å². The van der Waals surface area contributed by atoms with Crippen molar-refractivity contribution in [1.29, 1.82) is 0 Å². The van der Waals surface area contributed by atoms with Crippen LogP contribution in [0.15, 0.2) is 18.2 Å². The fraction of sp³-hybridized carbons (Fsp3) is 0.611. The van der Waals surface area contributed by atoms with Crippen LogP contribution in [0.2, 0.25) is 0 Å². The zero-order valence-corrected chi connectivity index (χ0v) is 13.5. The molecule has 2 aliphatic heterocycles. The average molecular weight is 286 g/mol. The van der Waals surface area contributed by atoms with Crippen LogP contribution in [0, 0.1) is 0 Å². The smallest absolute Gasteiger partial charge is 0.253 e. The van der Waals surface area contributed by atoms with E-state index in [-0.39, 0.29) is 11.3 Å². The second kappa shape index (κ2) is 5.36. The van der Waals surface area contributed by atoms with Gasteiger partial charge in [-0.3, -0.25) is 4.79 Å². The van der Waals surface area contributed by atoms with E-state index < -0.39 is 0 Å². The number of amides is 1. The van der Waals surface area contributed by atoms with Crippen LogP contribution in [0.1, 0.15) is 55.5 Å². The van der Waals surface area contributed by atoms with Crippen molar-refractivity contribution in [3.8, 4) is 0 Å². The molecule has 0 saturated carbocycles. The maximum atomic E-state index is 12.7. The average Bonchev–Trinajstić information content (AvgIpc) is 2.51. The third-order valence-corrected chi connectivity index (χ3v) is 5.10. The van der Waals surface area contributed by atoms with E-state index in [0.717, 1.165) is 44.5 Å². The molecule has 1 fully saturated rings. The number of anilines is 1. The highest BCUT2D eigenvalue weighted by molar-refractivity contribution is 5.95. The Hall–Kier alpha value is -1.51. The van der Waals surface area contributed by atoms with Crippen molar-refractivity contribution in [3.05, 3.63) is 29.3 Å². The molecule has 2 heterocycles. The van der Waals surface area contributed by atoms with Crippen LogP contribution in [0.4, 0.5) is 5.69 Å². The Kier molecular flexibility index (Phi) is 3.68. The van der Waals surface area contributed by atoms with Gasteiger partial charge < -0.3 is 9.80 Å². The van der Waals surface area contributed by atoms with Gasteiger partial charge in [-0.2, -0.15) is 0 Å². The number of carbonyl (C=O) groups is 1. The van der Waals surface area contributed by atoms with Crippen LogP contribution in [-0.2, 0) is 5.41 Å². The Morgan fingerprint density at radius 3 is 2.52 bits per heavy atom. The molecule has 3 nitrogen and oxygen atoms in total. The summed E-state index contributed by atoms with van der Waals surface area (Å²) in [6, 6.07) is 6.28. The summed E-state index contributed by atoms with van der Waals surface area (Å²) in [5, 5.41) is 0. The minimum atomic E-state index is 0.153. The molecule has 0 N–H and O–H groups in total. The van der Waals surface area contributed by atoms with E-state index in [1.807, 2.05) is 11.0 Å². The Labute approximate surface area is 127 Å². The number of rotatable bonds is 1. The molecule has 0 spiro atoms. The molecule has 0 bridgehead atoms. The molecule has 1 aromatic carbocycles. The van der Waals surface area contributed by atoms with Crippen LogP contribution in [0.3, 0.4) is 0 Å². The Bertz CT molecular complexity index is 544. The molecule has 3 heteroatoms. The first-order chi connectivity index (χ1) is 9.99. The summed E-state index contributed by atoms with van der Waals surface area (Å²) >= 11 is 0. The second-order valence-electron chi connectivity index (χ2n) is 7.14. The summed E-state index contributed by atoms with van der Waals surface area (Å²) in [5.41, 5.74) is 3.61. The molecule has 114 valence electrons. The van der Waals surface area contributed by atoms with Gasteiger partial charge in [0.2, 0.25) is 0 Å². The highest BCUT2D eigenvalue weighted by Gasteiger charge is 2.31. The van der Waals surface area contributed by atoms with Crippen LogP contribution in [0.5, 0.6) is 0 Å². The quantitative estimate of drug-likeness (QED) is 0.789. The molecule has 1 amide bonds. The molecule has 0 unspecified atom stereocenters. The third kappa shape index (κ3) is 2.66. The van der Waals surface area contributed by atoms with E-state index in [0.29, 0.717) is 0 Å². The fourth-order valence-corrected chi connectivity index (χ4v) is 3.53. The molecule has 0 aromatic heterocycles. The number of hydrogen-bond donors (Lipinski definition) is 0. The van der Waals surface area contributed by atoms with E-state index >= 15 is 0 Å². The van der Waals surface area contributed by atoms with Gasteiger partial charge in [0, 0.05) is 37.9 Å². The number of hydrogen-bond acceptors (Lipinski definition) is 2. The fourth-order valence-electron chi connectivity index (χ4n) is 3.53. The zero-order valence-electron chi connectivity index (χ0n) is 13.5. The molecule has 0 aliphatic carbocycles. The highest BCUT2D eigenvalue weighted by atomic mass is 16.2. The van der Waals surface area contributed by atoms with Gasteiger partial charge in [-0.25, -0.2) is 0 Å². The maximum absolute atomic E-state index is 12.7. The summed E-state index contributed by atoms with van der Waals surface area (Å²) in [7, 11) is 2.14. The van der Waals surface area contributed by atoms with Gasteiger partial charge in [0.15, 0.2) is 0 Å². The first-order valence-electron chi connectivity index (χ1n) is 8.14. The summed E-state index contributed by atoms with van der Waals surface area (Å²) in [6.45, 7) is 7.49. The lowest BCUT2D eigenvalue weighted by atomic mass is 9.77. The normalized spacial score (nSPS) is 21.1. The van der Waals surface area contributed by atoms with Gasteiger partial charge in [0.05, 0.1) is 0 Å². The number of piperidine rings is 1. The van der Waals surface area contributed by atoms with Crippen molar-refractivity contribution in [1.82, 2.24) is 4.90 Å². The Morgan fingerprint density at radius 2 is 1.81 bits per heavy atom. The molecule has 1 saturated heterocycles. The van der Waals surface area contributed by atoms with Gasteiger partial charge in [0.1, 0.15) is 0 Å². The summed E-state index contributed by atoms with van der Waals surface area (Å²) in [4.78, 5) is 17.0.